The van der Waals surface area contributed by atoms with E-state index in [4.69, 9.17) is 4.42 Å². The number of carbonyl (C=O) groups excluding carboxylic acids is 1. The second kappa shape index (κ2) is 6.07. The fourth-order valence-electron chi connectivity index (χ4n) is 3.20. The van der Waals surface area contributed by atoms with Crippen LogP contribution >= 0.6 is 0 Å². The van der Waals surface area contributed by atoms with Gasteiger partial charge in [0.1, 0.15) is 11.5 Å². The summed E-state index contributed by atoms with van der Waals surface area (Å²) in [5.74, 6) is 1.89. The van der Waals surface area contributed by atoms with Crippen molar-refractivity contribution in [1.29, 1.82) is 0 Å². The van der Waals surface area contributed by atoms with Crippen molar-refractivity contribution in [3.8, 4) is 0 Å². The van der Waals surface area contributed by atoms with Gasteiger partial charge in [-0.15, -0.1) is 0 Å². The predicted octanol–water partition coefficient (Wildman–Crippen LogP) is 3.50. The Kier molecular flexibility index (Phi) is 4.11. The van der Waals surface area contributed by atoms with Gasteiger partial charge in [0.15, 0.2) is 0 Å². The molecule has 0 saturated heterocycles. The van der Waals surface area contributed by atoms with Crippen LogP contribution in [0, 0.1) is 12.3 Å². The molecule has 0 radical (unpaired) electrons. The first kappa shape index (κ1) is 15.6. The molecule has 5 heteroatoms. The molecule has 2 aromatic rings. The summed E-state index contributed by atoms with van der Waals surface area (Å²) in [5, 5.41) is 5.94. The van der Waals surface area contributed by atoms with Gasteiger partial charge in [-0.25, -0.2) is 4.79 Å². The Bertz CT molecular complexity index is 692. The number of rotatable bonds is 3. The lowest BCUT2D eigenvalue weighted by atomic mass is 9.75. The molecule has 122 valence electrons. The lowest BCUT2D eigenvalue weighted by Gasteiger charge is -2.34. The maximum atomic E-state index is 12.2. The molecule has 1 atom stereocenters. The van der Waals surface area contributed by atoms with Gasteiger partial charge in [-0.1, -0.05) is 19.9 Å². The Morgan fingerprint density at radius 2 is 2.26 bits per heavy atom. The molecule has 2 aromatic heterocycles. The molecule has 2 heterocycles. The van der Waals surface area contributed by atoms with Crippen molar-refractivity contribution in [1.82, 2.24) is 15.6 Å². The first-order valence-corrected chi connectivity index (χ1v) is 7.96. The highest BCUT2D eigenvalue weighted by molar-refractivity contribution is 5.74. The number of aromatic nitrogens is 1. The standard InChI is InChI=1S/C18H23N3O2/c1-12-8-14-15(9-18(2,3)10-16(14)23-12)21-17(22)20-11-13-6-4-5-7-19-13/h4-8,15H,9-11H2,1-3H3,(H2,20,21,22)/t15-/m0/s1. The number of pyridine rings is 1. The summed E-state index contributed by atoms with van der Waals surface area (Å²) in [6.45, 7) is 6.77. The third-order valence-corrected chi connectivity index (χ3v) is 4.20. The minimum absolute atomic E-state index is 0.0186. The Labute approximate surface area is 136 Å². The maximum Gasteiger partial charge on any atom is 0.315 e. The zero-order valence-electron chi connectivity index (χ0n) is 13.8. The van der Waals surface area contributed by atoms with Crippen LogP contribution < -0.4 is 10.6 Å². The molecule has 5 nitrogen and oxygen atoms in total. The molecule has 3 rings (SSSR count). The Morgan fingerprint density at radius 3 is 3.00 bits per heavy atom. The van der Waals surface area contributed by atoms with Gasteiger partial charge in [-0.2, -0.15) is 0 Å². The highest BCUT2D eigenvalue weighted by atomic mass is 16.3. The Balaban J connectivity index is 1.66. The van der Waals surface area contributed by atoms with E-state index in [2.05, 4.69) is 29.5 Å². The van der Waals surface area contributed by atoms with Gasteiger partial charge in [0.2, 0.25) is 0 Å². The van der Waals surface area contributed by atoms with Crippen LogP contribution in [0.15, 0.2) is 34.9 Å². The second-order valence-electron chi connectivity index (χ2n) is 6.98. The number of amides is 2. The fraction of sp³-hybridized carbons (Fsp3) is 0.444. The van der Waals surface area contributed by atoms with Crippen LogP contribution in [0.4, 0.5) is 4.79 Å². The number of furan rings is 1. The van der Waals surface area contributed by atoms with E-state index in [1.165, 1.54) is 0 Å². The van der Waals surface area contributed by atoms with Crippen LogP contribution in [0.5, 0.6) is 0 Å². The molecule has 0 bridgehead atoms. The van der Waals surface area contributed by atoms with Crippen molar-refractivity contribution in [2.24, 2.45) is 5.41 Å². The number of nitrogens with zero attached hydrogens (tertiary/aromatic N) is 1. The van der Waals surface area contributed by atoms with E-state index in [1.54, 1.807) is 6.20 Å². The van der Waals surface area contributed by atoms with Gasteiger partial charge < -0.3 is 15.1 Å². The largest absolute Gasteiger partial charge is 0.466 e. The summed E-state index contributed by atoms with van der Waals surface area (Å²) in [4.78, 5) is 16.4. The van der Waals surface area contributed by atoms with E-state index in [0.717, 1.165) is 35.6 Å². The molecule has 2 N–H and O–H groups in total. The Hall–Kier alpha value is -2.30. The summed E-state index contributed by atoms with van der Waals surface area (Å²) in [5.41, 5.74) is 2.05. The van der Waals surface area contributed by atoms with Crippen molar-refractivity contribution in [3.63, 3.8) is 0 Å². The number of hydrogen-bond donors (Lipinski definition) is 2. The third-order valence-electron chi connectivity index (χ3n) is 4.20. The van der Waals surface area contributed by atoms with E-state index < -0.39 is 0 Å². The highest BCUT2D eigenvalue weighted by Crippen LogP contribution is 2.41. The van der Waals surface area contributed by atoms with Crippen LogP contribution in [0.3, 0.4) is 0 Å². The second-order valence-corrected chi connectivity index (χ2v) is 6.98. The third kappa shape index (κ3) is 3.73. The van der Waals surface area contributed by atoms with Gasteiger partial charge in [-0.05, 0) is 37.0 Å². The van der Waals surface area contributed by atoms with Crippen molar-refractivity contribution in [2.75, 3.05) is 0 Å². The number of urea groups is 1. The van der Waals surface area contributed by atoms with Crippen molar-refractivity contribution < 1.29 is 9.21 Å². The molecule has 0 spiro atoms. The summed E-state index contributed by atoms with van der Waals surface area (Å²) < 4.78 is 5.80. The molecule has 0 aromatic carbocycles. The van der Waals surface area contributed by atoms with Crippen molar-refractivity contribution in [3.05, 3.63) is 53.2 Å². The SMILES string of the molecule is Cc1cc2c(o1)CC(C)(C)C[C@@H]2NC(=O)NCc1ccccn1. The molecular weight excluding hydrogens is 290 g/mol. The van der Waals surface area contributed by atoms with Crippen LogP contribution in [0.25, 0.3) is 0 Å². The minimum atomic E-state index is -0.178. The fourth-order valence-corrected chi connectivity index (χ4v) is 3.20. The van der Waals surface area contributed by atoms with E-state index in [9.17, 15) is 4.79 Å². The van der Waals surface area contributed by atoms with Crippen LogP contribution in [-0.4, -0.2) is 11.0 Å². The van der Waals surface area contributed by atoms with Crippen LogP contribution in [0.2, 0.25) is 0 Å². The number of hydrogen-bond acceptors (Lipinski definition) is 3. The minimum Gasteiger partial charge on any atom is -0.466 e. The number of carbonyl (C=O) groups is 1. The molecule has 0 unspecified atom stereocenters. The summed E-state index contributed by atoms with van der Waals surface area (Å²) in [6, 6.07) is 7.50. The first-order chi connectivity index (χ1) is 10.9. The molecule has 1 aliphatic carbocycles. The number of aryl methyl sites for hydroxylation is 1. The van der Waals surface area contributed by atoms with Gasteiger partial charge >= 0.3 is 6.03 Å². The molecule has 23 heavy (non-hydrogen) atoms. The number of nitrogens with one attached hydrogen (secondary N) is 2. The summed E-state index contributed by atoms with van der Waals surface area (Å²) in [7, 11) is 0. The first-order valence-electron chi connectivity index (χ1n) is 7.96. The van der Waals surface area contributed by atoms with E-state index in [0.29, 0.717) is 6.54 Å². The summed E-state index contributed by atoms with van der Waals surface area (Å²) >= 11 is 0. The van der Waals surface area contributed by atoms with Gasteiger partial charge in [-0.3, -0.25) is 4.98 Å². The topological polar surface area (TPSA) is 67.2 Å². The van der Waals surface area contributed by atoms with E-state index in [-0.39, 0.29) is 17.5 Å². The smallest absolute Gasteiger partial charge is 0.315 e. The molecule has 0 fully saturated rings. The van der Waals surface area contributed by atoms with E-state index in [1.807, 2.05) is 31.2 Å². The number of fused-ring (bicyclic) bond motifs is 1. The quantitative estimate of drug-likeness (QED) is 0.911. The van der Waals surface area contributed by atoms with Crippen LogP contribution in [0.1, 0.15) is 49.1 Å². The van der Waals surface area contributed by atoms with Crippen molar-refractivity contribution in [2.45, 2.75) is 46.2 Å². The lowest BCUT2D eigenvalue weighted by Crippen LogP contribution is -2.41. The zero-order valence-corrected chi connectivity index (χ0v) is 13.8. The average molecular weight is 313 g/mol. The zero-order chi connectivity index (χ0) is 16.4. The monoisotopic (exact) mass is 313 g/mol. The molecule has 0 saturated carbocycles. The van der Waals surface area contributed by atoms with Gasteiger partial charge in [0.25, 0.3) is 0 Å². The van der Waals surface area contributed by atoms with Crippen LogP contribution in [-0.2, 0) is 13.0 Å². The summed E-state index contributed by atoms with van der Waals surface area (Å²) in [6.07, 6.45) is 3.53. The molecular formula is C18H23N3O2. The normalized spacial score (nSPS) is 19.0. The van der Waals surface area contributed by atoms with Gasteiger partial charge in [0, 0.05) is 18.2 Å². The average Bonchev–Trinajstić information content (AvgIpc) is 2.85. The molecule has 1 aliphatic rings. The lowest BCUT2D eigenvalue weighted by molar-refractivity contribution is 0.214. The van der Waals surface area contributed by atoms with E-state index >= 15 is 0 Å². The maximum absolute atomic E-state index is 12.2. The van der Waals surface area contributed by atoms with Crippen molar-refractivity contribution >= 4 is 6.03 Å². The Morgan fingerprint density at radius 1 is 1.43 bits per heavy atom. The predicted molar refractivity (Wildman–Crippen MR) is 87.9 cm³/mol. The highest BCUT2D eigenvalue weighted by Gasteiger charge is 2.35. The molecule has 2 amide bonds. The van der Waals surface area contributed by atoms with Gasteiger partial charge in [0.05, 0.1) is 18.3 Å². The molecule has 0 aliphatic heterocycles.